The number of carbonyl (C=O) groups excluding carboxylic acids is 1. The molecule has 0 aromatic rings. The lowest BCUT2D eigenvalue weighted by atomic mass is 10.2. The molecule has 1 aliphatic rings. The number of rotatable bonds is 2. The van der Waals surface area contributed by atoms with Crippen molar-refractivity contribution in [1.29, 1.82) is 0 Å². The van der Waals surface area contributed by atoms with E-state index in [0.717, 1.165) is 10.7 Å². The van der Waals surface area contributed by atoms with E-state index >= 15 is 0 Å². The Morgan fingerprint density at radius 2 is 2.18 bits per heavy atom. The first-order valence-corrected chi connectivity index (χ1v) is 4.46. The van der Waals surface area contributed by atoms with E-state index in [1.165, 1.54) is 0 Å². The zero-order valence-electron chi connectivity index (χ0n) is 5.90. The molecule has 1 amide bonds. The van der Waals surface area contributed by atoms with E-state index in [0.29, 0.717) is 13.0 Å². The Labute approximate surface area is 66.2 Å². The molecule has 1 unspecified atom stereocenters. The van der Waals surface area contributed by atoms with E-state index in [1.54, 1.807) is 0 Å². The third kappa shape index (κ3) is 1.69. The van der Waals surface area contributed by atoms with Gasteiger partial charge in [-0.2, -0.15) is 4.31 Å². The Morgan fingerprint density at radius 1 is 1.55 bits per heavy atom. The van der Waals surface area contributed by atoms with Crippen molar-refractivity contribution >= 4 is 16.8 Å². The second-order valence-corrected chi connectivity index (χ2v) is 3.45. The highest BCUT2D eigenvalue weighted by Crippen LogP contribution is 2.15. The minimum absolute atomic E-state index is 0.423. The molecule has 5 nitrogen and oxygen atoms in total. The zero-order valence-corrected chi connectivity index (χ0v) is 6.79. The van der Waals surface area contributed by atoms with E-state index in [1.807, 2.05) is 0 Å². The fourth-order valence-corrected chi connectivity index (χ4v) is 2.00. The van der Waals surface area contributed by atoms with Gasteiger partial charge in [0.05, 0.1) is 0 Å². The van der Waals surface area contributed by atoms with Gasteiger partial charge in [0.1, 0.15) is 6.04 Å². The minimum Gasteiger partial charge on any atom is -0.368 e. The maximum atomic E-state index is 10.6. The average molecular weight is 178 g/mol. The summed E-state index contributed by atoms with van der Waals surface area (Å²) in [4.78, 5) is 10.6. The van der Waals surface area contributed by atoms with E-state index in [-0.39, 0.29) is 0 Å². The van der Waals surface area contributed by atoms with Gasteiger partial charge in [-0.15, -0.1) is 0 Å². The number of nitrogens with zero attached hydrogens (tertiary/aromatic N) is 1. The average Bonchev–Trinajstić information content (AvgIpc) is 2.32. The van der Waals surface area contributed by atoms with Crippen molar-refractivity contribution < 1.29 is 13.2 Å². The highest BCUT2D eigenvalue weighted by Gasteiger charge is 2.30. The van der Waals surface area contributed by atoms with Gasteiger partial charge in [0.2, 0.25) is 16.8 Å². The molecule has 64 valence electrons. The van der Waals surface area contributed by atoms with Crippen LogP contribution < -0.4 is 5.73 Å². The molecule has 2 N–H and O–H groups in total. The van der Waals surface area contributed by atoms with E-state index < -0.39 is 22.8 Å². The summed E-state index contributed by atoms with van der Waals surface area (Å²) in [6.07, 6.45) is 1.27. The van der Waals surface area contributed by atoms with Crippen LogP contribution in [-0.2, 0) is 15.7 Å². The van der Waals surface area contributed by atoms with Crippen LogP contribution in [0, 0.1) is 0 Å². The summed E-state index contributed by atoms with van der Waals surface area (Å²) >= 11 is 0. The second-order valence-electron chi connectivity index (χ2n) is 2.46. The molecule has 11 heavy (non-hydrogen) atoms. The number of hydrogen-bond acceptors (Lipinski definition) is 3. The van der Waals surface area contributed by atoms with E-state index in [2.05, 4.69) is 0 Å². The van der Waals surface area contributed by atoms with Crippen LogP contribution >= 0.6 is 0 Å². The summed E-state index contributed by atoms with van der Waals surface area (Å²) in [5.74, 6) is -0.554. The third-order valence-corrected chi connectivity index (χ3v) is 2.66. The molecule has 0 bridgehead atoms. The van der Waals surface area contributed by atoms with Crippen LogP contribution in [0.15, 0.2) is 0 Å². The minimum atomic E-state index is -2.64. The molecule has 1 fully saturated rings. The summed E-state index contributed by atoms with van der Waals surface area (Å²) in [6.45, 7) is 0.423. The molecule has 0 aromatic heterocycles. The van der Waals surface area contributed by atoms with Crippen molar-refractivity contribution in [1.82, 2.24) is 4.31 Å². The largest absolute Gasteiger partial charge is 0.368 e. The molecule has 0 spiro atoms. The first-order chi connectivity index (χ1) is 5.13. The van der Waals surface area contributed by atoms with Gasteiger partial charge < -0.3 is 5.73 Å². The Hall–Kier alpha value is -0.620. The van der Waals surface area contributed by atoms with Gasteiger partial charge in [-0.05, 0) is 12.8 Å². The van der Waals surface area contributed by atoms with Crippen LogP contribution in [0.1, 0.15) is 12.8 Å². The second kappa shape index (κ2) is 3.19. The van der Waals surface area contributed by atoms with Crippen LogP contribution in [0.3, 0.4) is 0 Å². The molecule has 0 saturated carbocycles. The van der Waals surface area contributed by atoms with Gasteiger partial charge in [0.15, 0.2) is 0 Å². The Balaban J connectivity index is 2.73. The summed E-state index contributed by atoms with van der Waals surface area (Å²) in [5, 5.41) is 0. The Bertz CT molecular complexity index is 230. The van der Waals surface area contributed by atoms with Crippen LogP contribution in [0.25, 0.3) is 0 Å². The maximum Gasteiger partial charge on any atom is 0.235 e. The van der Waals surface area contributed by atoms with Crippen molar-refractivity contribution in [2.45, 2.75) is 18.9 Å². The molecule has 0 radical (unpaired) electrons. The van der Waals surface area contributed by atoms with Gasteiger partial charge in [-0.25, -0.2) is 8.42 Å². The van der Waals surface area contributed by atoms with E-state index in [4.69, 9.17) is 5.73 Å². The molecule has 1 saturated heterocycles. The molecule has 1 aliphatic heterocycles. The summed E-state index contributed by atoms with van der Waals surface area (Å²) in [6, 6.07) is -0.601. The van der Waals surface area contributed by atoms with Crippen molar-refractivity contribution in [3.05, 3.63) is 0 Å². The number of thiol groups is 1. The quantitative estimate of drug-likeness (QED) is 0.503. The lowest BCUT2D eigenvalue weighted by Crippen LogP contribution is -2.39. The van der Waals surface area contributed by atoms with Crippen molar-refractivity contribution in [2.75, 3.05) is 6.54 Å². The SMILES string of the molecule is NC(=O)C1CCCN1[SH](=O)=O. The van der Waals surface area contributed by atoms with Gasteiger partial charge in [0.25, 0.3) is 0 Å². The molecule has 1 heterocycles. The van der Waals surface area contributed by atoms with Gasteiger partial charge in [0, 0.05) is 6.54 Å². The monoisotopic (exact) mass is 178 g/mol. The predicted octanol–water partition coefficient (Wildman–Crippen LogP) is -1.54. The molecule has 1 rings (SSSR count). The van der Waals surface area contributed by atoms with Crippen LogP contribution in [0.2, 0.25) is 0 Å². The van der Waals surface area contributed by atoms with Crippen LogP contribution in [0.5, 0.6) is 0 Å². The molecular formula is C5H10N2O3S. The van der Waals surface area contributed by atoms with Crippen molar-refractivity contribution in [2.24, 2.45) is 5.73 Å². The highest BCUT2D eigenvalue weighted by molar-refractivity contribution is 7.69. The third-order valence-electron chi connectivity index (χ3n) is 1.76. The fourth-order valence-electron chi connectivity index (χ4n) is 1.24. The standard InChI is InChI=1S/C5H10N2O3S/c6-5(8)4-2-1-3-7(4)11(9)10/h4,11H,1-3H2,(H2,6,8). The smallest absolute Gasteiger partial charge is 0.235 e. The Morgan fingerprint density at radius 3 is 2.55 bits per heavy atom. The van der Waals surface area contributed by atoms with Gasteiger partial charge in [-0.1, -0.05) is 0 Å². The zero-order chi connectivity index (χ0) is 8.43. The molecule has 6 heteroatoms. The number of carbonyl (C=O) groups is 1. The van der Waals surface area contributed by atoms with Crippen LogP contribution in [-0.4, -0.2) is 31.2 Å². The topological polar surface area (TPSA) is 80.5 Å². The van der Waals surface area contributed by atoms with Crippen molar-refractivity contribution in [3.8, 4) is 0 Å². The number of hydrogen-bond donors (Lipinski definition) is 2. The summed E-state index contributed by atoms with van der Waals surface area (Å²) in [5.41, 5.74) is 4.98. The lowest BCUT2D eigenvalue weighted by Gasteiger charge is -2.12. The van der Waals surface area contributed by atoms with Gasteiger partial charge in [-0.3, -0.25) is 4.79 Å². The molecule has 0 aromatic carbocycles. The van der Waals surface area contributed by atoms with Crippen LogP contribution in [0.4, 0.5) is 0 Å². The van der Waals surface area contributed by atoms with E-state index in [9.17, 15) is 13.2 Å². The number of primary amides is 1. The molecule has 1 atom stereocenters. The first kappa shape index (κ1) is 8.48. The first-order valence-electron chi connectivity index (χ1n) is 3.33. The normalized spacial score (nSPS) is 26.1. The summed E-state index contributed by atoms with van der Waals surface area (Å²) in [7, 11) is -2.64. The van der Waals surface area contributed by atoms with Crippen molar-refractivity contribution in [3.63, 3.8) is 0 Å². The molecule has 0 aliphatic carbocycles. The highest BCUT2D eigenvalue weighted by atomic mass is 32.2. The predicted molar refractivity (Wildman–Crippen MR) is 39.2 cm³/mol. The summed E-state index contributed by atoms with van der Waals surface area (Å²) < 4.78 is 22.1. The van der Waals surface area contributed by atoms with Gasteiger partial charge >= 0.3 is 0 Å². The number of nitrogens with two attached hydrogens (primary N) is 1. The maximum absolute atomic E-state index is 10.6. The number of amides is 1. The Kier molecular flexibility index (Phi) is 2.45. The lowest BCUT2D eigenvalue weighted by molar-refractivity contribution is -0.120. The molecular weight excluding hydrogens is 168 g/mol. The fraction of sp³-hybridized carbons (Fsp3) is 0.800.